The molecule has 468 valence electrons. The summed E-state index contributed by atoms with van der Waals surface area (Å²) >= 11 is 1.81. The van der Waals surface area contributed by atoms with Gasteiger partial charge in [0.1, 0.15) is 23.1 Å². The number of aromatic nitrogens is 2. The van der Waals surface area contributed by atoms with Crippen molar-refractivity contribution in [3.05, 3.63) is 272 Å². The number of aldehydes is 1. The molecule has 12 heteroatoms. The quantitative estimate of drug-likeness (QED) is 0.155. The Morgan fingerprint density at radius 3 is 1.62 bits per heavy atom. The second kappa shape index (κ2) is 36.3. The molecule has 1 N–H and O–H groups in total. The first kappa shape index (κ1) is 69.9. The van der Waals surface area contributed by atoms with E-state index in [0.29, 0.717) is 44.4 Å². The Morgan fingerprint density at radius 2 is 1.12 bits per heavy atom. The Balaban J connectivity index is 0.000000165. The number of methoxy groups -OCH3 is 1. The fraction of sp³-hybridized carbons (Fsp3) is 0.269. The van der Waals surface area contributed by atoms with E-state index in [4.69, 9.17) is 18.6 Å². The van der Waals surface area contributed by atoms with Gasteiger partial charge in [-0.2, -0.15) is 0 Å². The lowest BCUT2D eigenvalue weighted by atomic mass is 10.1. The molecule has 2 amide bonds. The molecule has 8 aromatic carbocycles. The van der Waals surface area contributed by atoms with Gasteiger partial charge in [-0.05, 0) is 206 Å². The summed E-state index contributed by atoms with van der Waals surface area (Å²) in [5.41, 5.74) is 12.7. The minimum atomic E-state index is 0.0613. The van der Waals surface area contributed by atoms with Crippen molar-refractivity contribution in [3.63, 3.8) is 0 Å². The zero-order valence-electron chi connectivity index (χ0n) is 54.7. The molecular weight excluding hydrogens is 1140 g/mol. The van der Waals surface area contributed by atoms with E-state index in [-0.39, 0.29) is 11.8 Å². The summed E-state index contributed by atoms with van der Waals surface area (Å²) in [6.07, 6.45) is 4.81. The van der Waals surface area contributed by atoms with Crippen molar-refractivity contribution in [2.75, 3.05) is 40.0 Å². The first-order valence-electron chi connectivity index (χ1n) is 30.5. The number of nitrogens with zero attached hydrogens (tertiary/aromatic N) is 3. The highest BCUT2D eigenvalue weighted by molar-refractivity contribution is 7.17. The number of aryl methyl sites for hydroxylation is 11. The van der Waals surface area contributed by atoms with Crippen LogP contribution in [0.25, 0.3) is 31.6 Å². The fourth-order valence-electron chi connectivity index (χ4n) is 9.16. The third-order valence-corrected chi connectivity index (χ3v) is 15.4. The van der Waals surface area contributed by atoms with Gasteiger partial charge in [0.15, 0.2) is 12.0 Å². The van der Waals surface area contributed by atoms with Crippen LogP contribution in [0.5, 0.6) is 11.5 Å². The van der Waals surface area contributed by atoms with Crippen LogP contribution in [0.1, 0.15) is 113 Å². The summed E-state index contributed by atoms with van der Waals surface area (Å²) in [5.74, 6) is 4.04. The number of hydrogen-bond donors (Lipinski definition) is 1. The Labute approximate surface area is 537 Å². The number of benzene rings is 8. The van der Waals surface area contributed by atoms with Crippen LogP contribution in [0.4, 0.5) is 0 Å². The highest BCUT2D eigenvalue weighted by Gasteiger charge is 2.23. The molecule has 0 atom stereocenters. The van der Waals surface area contributed by atoms with E-state index in [1.165, 1.54) is 59.4 Å². The molecule has 11 nitrogen and oxygen atoms in total. The Bertz CT molecular complexity index is 4030. The largest absolute Gasteiger partial charge is 0.497 e. The average molecular weight is 1230 g/mol. The monoisotopic (exact) mass is 1220 g/mol. The molecule has 4 heterocycles. The van der Waals surface area contributed by atoms with Crippen LogP contribution < -0.4 is 14.8 Å². The minimum Gasteiger partial charge on any atom is -0.497 e. The minimum absolute atomic E-state index is 0.0613. The Kier molecular flexibility index (Phi) is 28.2. The maximum absolute atomic E-state index is 12.0. The van der Waals surface area contributed by atoms with E-state index in [0.717, 1.165) is 76.0 Å². The van der Waals surface area contributed by atoms with Crippen molar-refractivity contribution in [3.8, 4) is 11.5 Å². The number of furan rings is 1. The lowest BCUT2D eigenvalue weighted by molar-refractivity contribution is 0.0303. The Hall–Kier alpha value is -9.23. The van der Waals surface area contributed by atoms with Gasteiger partial charge in [-0.25, -0.2) is 9.97 Å². The van der Waals surface area contributed by atoms with Crippen LogP contribution in [0.3, 0.4) is 0 Å². The van der Waals surface area contributed by atoms with Crippen LogP contribution in [0, 0.1) is 76.2 Å². The number of carbonyl (C=O) groups excluding carboxylic acids is 3. The predicted octanol–water partition coefficient (Wildman–Crippen LogP) is 18.4. The zero-order chi connectivity index (χ0) is 65.0. The van der Waals surface area contributed by atoms with E-state index >= 15 is 0 Å². The second-order valence-corrected chi connectivity index (χ2v) is 23.3. The van der Waals surface area contributed by atoms with Gasteiger partial charge in [0.25, 0.3) is 11.8 Å². The molecule has 11 aromatic rings. The molecular formula is C78H88N4O7S. The van der Waals surface area contributed by atoms with Crippen LogP contribution in [-0.4, -0.2) is 79.0 Å². The highest BCUT2D eigenvalue weighted by atomic mass is 32.1. The SMILES string of the molecule is CCOc1ccc2cc(C)ccc2c1.COc1ccc2cc(C)ccc2c1.Cc1ccc(C=O)o1.Cc1cccc(C(=O)N2CCOCC2)c1.Cc1cccc(C(=O)NC2CC2)c1.Cc1cccc(C)c1.Cc1csc2ccccc12.Cc1ncc(C)c(C)n1. The van der Waals surface area contributed by atoms with Gasteiger partial charge in [0.05, 0.1) is 26.9 Å². The number of amides is 2. The molecule has 0 unspecified atom stereocenters. The van der Waals surface area contributed by atoms with Crippen molar-refractivity contribution >= 4 is 61.1 Å². The number of carbonyl (C=O) groups is 3. The van der Waals surface area contributed by atoms with Crippen LogP contribution >= 0.6 is 11.3 Å². The highest BCUT2D eigenvalue weighted by Crippen LogP contribution is 2.25. The van der Waals surface area contributed by atoms with Gasteiger partial charge in [-0.15, -0.1) is 11.3 Å². The zero-order valence-corrected chi connectivity index (χ0v) is 55.5. The summed E-state index contributed by atoms with van der Waals surface area (Å²) in [7, 11) is 1.69. The van der Waals surface area contributed by atoms with E-state index in [1.54, 1.807) is 26.2 Å². The number of ether oxygens (including phenoxy) is 3. The average Bonchev–Trinajstić information content (AvgIpc) is 2.46. The molecule has 13 rings (SSSR count). The molecule has 2 fully saturated rings. The first-order chi connectivity index (χ1) is 43.3. The van der Waals surface area contributed by atoms with E-state index in [9.17, 15) is 14.4 Å². The van der Waals surface area contributed by atoms with Gasteiger partial charge in [-0.3, -0.25) is 14.4 Å². The standard InChI is InChI=1S/C13H14O.C12H15NO2.C12H12O.C11H13NO.C9H8S.C8H10.C7H10N2.C6H6O2/c1-3-14-13-7-6-11-8-10(2)4-5-12(11)9-13;1-10-3-2-4-11(9-10)12(14)13-5-7-15-8-6-13;1-9-3-4-11-8-12(13-2)6-5-10(11)7-9;1-8-3-2-4-9(7-8)11(13)12-10-5-6-10;1-7-6-10-9-5-3-2-4-8(7)9;1-7-4-3-5-8(2)6-7;1-5-4-8-7(3)9-6(5)2;1-5-2-3-6(4-7)8-5/h4-9H,3H2,1-2H3;2-4,9H,5-8H2,1H3;3-8H,1-2H3;2-4,7,10H,5-6H2,1H3,(H,12,13);2-6H,1H3;3-6H,1-2H3;4H,1-3H3;2-4H,1H3. The van der Waals surface area contributed by atoms with Gasteiger partial charge >= 0.3 is 0 Å². The van der Waals surface area contributed by atoms with Crippen molar-refractivity contribution < 1.29 is 33.0 Å². The number of nitrogens with one attached hydrogen (secondary N) is 1. The van der Waals surface area contributed by atoms with Gasteiger partial charge < -0.3 is 28.8 Å². The topological polar surface area (TPSA) is 133 Å². The number of thiophene rings is 1. The van der Waals surface area contributed by atoms with Gasteiger partial charge in [-0.1, -0.05) is 149 Å². The van der Waals surface area contributed by atoms with Crippen LogP contribution in [0.15, 0.2) is 198 Å². The van der Waals surface area contributed by atoms with Crippen molar-refractivity contribution in [2.24, 2.45) is 0 Å². The lowest BCUT2D eigenvalue weighted by Crippen LogP contribution is -2.40. The maximum atomic E-state index is 12.0. The molecule has 0 spiro atoms. The summed E-state index contributed by atoms with van der Waals surface area (Å²) in [6, 6.07) is 61.3. The van der Waals surface area contributed by atoms with Crippen LogP contribution in [0.2, 0.25) is 0 Å². The molecule has 1 saturated carbocycles. The van der Waals surface area contributed by atoms with E-state index in [2.05, 4.69) is 164 Å². The van der Waals surface area contributed by atoms with E-state index < -0.39 is 0 Å². The fourth-order valence-corrected chi connectivity index (χ4v) is 10.1. The number of morpholine rings is 1. The van der Waals surface area contributed by atoms with Crippen molar-refractivity contribution in [1.29, 1.82) is 0 Å². The molecule has 1 saturated heterocycles. The number of rotatable bonds is 7. The van der Waals surface area contributed by atoms with Crippen molar-refractivity contribution in [1.82, 2.24) is 20.2 Å². The lowest BCUT2D eigenvalue weighted by Gasteiger charge is -2.26. The number of hydrogen-bond acceptors (Lipinski definition) is 10. The second-order valence-electron chi connectivity index (χ2n) is 22.4. The summed E-state index contributed by atoms with van der Waals surface area (Å²) in [5, 5.41) is 11.6. The third kappa shape index (κ3) is 24.0. The predicted molar refractivity (Wildman–Crippen MR) is 372 cm³/mol. The molecule has 0 bridgehead atoms. The normalized spacial score (nSPS) is 11.9. The maximum Gasteiger partial charge on any atom is 0.254 e. The van der Waals surface area contributed by atoms with Gasteiger partial charge in [0, 0.05) is 46.8 Å². The summed E-state index contributed by atoms with van der Waals surface area (Å²) in [4.78, 5) is 43.5. The van der Waals surface area contributed by atoms with E-state index in [1.807, 2.05) is 125 Å². The van der Waals surface area contributed by atoms with Gasteiger partial charge in [0.2, 0.25) is 0 Å². The molecule has 2 aliphatic rings. The molecule has 1 aliphatic heterocycles. The van der Waals surface area contributed by atoms with Crippen LogP contribution in [-0.2, 0) is 4.74 Å². The van der Waals surface area contributed by atoms with Crippen molar-refractivity contribution in [2.45, 2.75) is 102 Å². The molecule has 90 heavy (non-hydrogen) atoms. The first-order valence-corrected chi connectivity index (χ1v) is 31.4. The Morgan fingerprint density at radius 1 is 0.589 bits per heavy atom. The molecule has 0 radical (unpaired) electrons. The molecule has 3 aromatic heterocycles. The summed E-state index contributed by atoms with van der Waals surface area (Å²) < 4.78 is 22.1. The number of fused-ring (bicyclic) bond motifs is 3. The molecule has 1 aliphatic carbocycles. The third-order valence-electron chi connectivity index (χ3n) is 14.3. The summed E-state index contributed by atoms with van der Waals surface area (Å²) in [6.45, 7) is 27.7. The smallest absolute Gasteiger partial charge is 0.254 e.